The van der Waals surface area contributed by atoms with E-state index < -0.39 is 33.3 Å². The minimum atomic E-state index is -5.14. The Morgan fingerprint density at radius 2 is 1.58 bits per heavy atom. The quantitative estimate of drug-likeness (QED) is 0.0393. The van der Waals surface area contributed by atoms with Crippen LogP contribution in [-0.2, 0) is 28.2 Å². The number of aliphatic hydroxyl groups excluding tert-OH is 1. The zero-order valence-corrected chi connectivity index (χ0v) is 26.9. The van der Waals surface area contributed by atoms with Gasteiger partial charge in [0, 0.05) is 38.4 Å². The van der Waals surface area contributed by atoms with E-state index in [1.54, 1.807) is 6.92 Å². The third-order valence-electron chi connectivity index (χ3n) is 3.71. The summed E-state index contributed by atoms with van der Waals surface area (Å²) in [6.45, 7) is 3.74. The number of esters is 1. The fourth-order valence-corrected chi connectivity index (χ4v) is 2.57. The summed E-state index contributed by atoms with van der Waals surface area (Å²) in [5.41, 5.74) is 0. The molecule has 10 nitrogen and oxygen atoms in total. The van der Waals surface area contributed by atoms with Gasteiger partial charge in [0.1, 0.15) is 12.9 Å². The summed E-state index contributed by atoms with van der Waals surface area (Å²) < 4.78 is 24.2. The summed E-state index contributed by atoms with van der Waals surface area (Å²) in [7, 11) is -5.14. The summed E-state index contributed by atoms with van der Waals surface area (Å²) in [6, 6.07) is 2.35. The number of amides is 1. The van der Waals surface area contributed by atoms with Gasteiger partial charge in [0.05, 0.1) is 21.0 Å². The van der Waals surface area contributed by atoms with Crippen molar-refractivity contribution in [3.8, 4) is 35.6 Å². The molecular weight excluding hydrogens is 511 g/mol. The summed E-state index contributed by atoms with van der Waals surface area (Å²) in [6.07, 6.45) is 6.57. The molecule has 0 saturated carbocycles. The normalized spacial score (nSPS) is 9.94. The molecule has 0 aliphatic rings. The van der Waals surface area contributed by atoms with Crippen LogP contribution in [0.15, 0.2) is 0 Å². The van der Waals surface area contributed by atoms with E-state index >= 15 is 0 Å². The number of ether oxygens (including phenoxy) is 2. The Balaban J connectivity index is -0.0000000711. The van der Waals surface area contributed by atoms with Crippen LogP contribution in [0.25, 0.3) is 0 Å². The van der Waals surface area contributed by atoms with E-state index in [4.69, 9.17) is 9.84 Å². The molecule has 0 aromatic rings. The molecule has 0 fully saturated rings. The van der Waals surface area contributed by atoms with E-state index in [9.17, 15) is 23.9 Å². The van der Waals surface area contributed by atoms with E-state index in [-0.39, 0.29) is 85.2 Å². The van der Waals surface area contributed by atoms with Crippen molar-refractivity contribution < 1.29 is 109 Å². The molecule has 0 rings (SSSR count). The van der Waals surface area contributed by atoms with Crippen molar-refractivity contribution in [2.24, 2.45) is 0 Å². The first kappa shape index (κ1) is 42.7. The van der Waals surface area contributed by atoms with Crippen LogP contribution in [0.5, 0.6) is 0 Å². The van der Waals surface area contributed by atoms with Gasteiger partial charge in [-0.15, -0.1) is 0 Å². The minimum Gasteiger partial charge on any atom is -0.790 e. The number of carbonyl (C=O) groups excluding carboxylic acids is 2. The maximum absolute atomic E-state index is 11.7. The van der Waals surface area contributed by atoms with Gasteiger partial charge in [0.2, 0.25) is 5.91 Å². The molecule has 0 unspecified atom stereocenters. The van der Waals surface area contributed by atoms with Crippen LogP contribution in [0.4, 0.5) is 0 Å². The van der Waals surface area contributed by atoms with Gasteiger partial charge in [-0.3, -0.25) is 14.9 Å². The Hall–Kier alpha value is -0.350. The minimum absolute atomic E-state index is 0. The maximum Gasteiger partial charge on any atom is 1.00 e. The summed E-state index contributed by atoms with van der Waals surface area (Å²) in [5.74, 6) is 11.7. The van der Waals surface area contributed by atoms with Crippen molar-refractivity contribution >= 4 is 19.7 Å². The van der Waals surface area contributed by atoms with E-state index in [2.05, 4.69) is 57.1 Å². The van der Waals surface area contributed by atoms with E-state index in [1.807, 2.05) is 0 Å². The smallest absolute Gasteiger partial charge is 0.790 e. The fourth-order valence-electron chi connectivity index (χ4n) is 2.22. The van der Waals surface area contributed by atoms with Gasteiger partial charge in [-0.2, -0.15) is 0 Å². The summed E-state index contributed by atoms with van der Waals surface area (Å²) in [5, 5.41) is 10.8. The standard InChI is InChI=1S/C14H29O8P.C9H7NO.2Na.5H2/c1-2-3-4-5-6-7-8-9-14(16)22-13(10-20-12-15)11-21-23(17,18)19;1-3-4-5-6-7-8-10-9(2)11;;;;;;;/h13,15H,2-12H2,1H3,(H2,17,18,19);1-2H3,(H,10,11);;;5*1H/q;;2*+1;;;;;/p-2/t13-;;;;;;;;/m0......../s1. The zero-order chi connectivity index (χ0) is 26.1. The van der Waals surface area contributed by atoms with E-state index in [0.717, 1.165) is 19.3 Å². The number of nitrogens with one attached hydrogen (secondary N) is 1. The molecule has 0 radical (unpaired) electrons. The van der Waals surface area contributed by atoms with Crippen LogP contribution in [0.1, 0.15) is 79.3 Å². The van der Waals surface area contributed by atoms with Crippen LogP contribution in [0, 0.1) is 35.6 Å². The molecule has 0 spiro atoms. The molecule has 36 heavy (non-hydrogen) atoms. The van der Waals surface area contributed by atoms with Crippen molar-refractivity contribution in [3.05, 3.63) is 0 Å². The van der Waals surface area contributed by atoms with Gasteiger partial charge in [0.25, 0.3) is 0 Å². The maximum atomic E-state index is 11.7. The Morgan fingerprint density at radius 1 is 1.00 bits per heavy atom. The number of phosphoric acid groups is 1. The first-order chi connectivity index (χ1) is 16.2. The second-order valence-corrected chi connectivity index (χ2v) is 7.93. The second-order valence-electron chi connectivity index (χ2n) is 6.78. The van der Waals surface area contributed by atoms with Crippen molar-refractivity contribution in [3.63, 3.8) is 0 Å². The molecule has 0 aromatic carbocycles. The average molecular weight is 556 g/mol. The number of carbonyl (C=O) groups is 2. The molecule has 1 atom stereocenters. The molecule has 0 saturated heterocycles. The van der Waals surface area contributed by atoms with E-state index in [0.29, 0.717) is 6.42 Å². The number of phosphoric ester groups is 1. The van der Waals surface area contributed by atoms with E-state index in [1.165, 1.54) is 26.2 Å². The van der Waals surface area contributed by atoms with Crippen molar-refractivity contribution in [2.45, 2.75) is 78.2 Å². The van der Waals surface area contributed by atoms with Gasteiger partial charge >= 0.3 is 65.1 Å². The monoisotopic (exact) mass is 555 g/mol. The molecule has 1 amide bonds. The fraction of sp³-hybridized carbons (Fsp3) is 0.652. The summed E-state index contributed by atoms with van der Waals surface area (Å²) in [4.78, 5) is 42.8. The van der Waals surface area contributed by atoms with Crippen molar-refractivity contribution in [2.75, 3.05) is 20.0 Å². The molecule has 0 bridgehead atoms. The second kappa shape index (κ2) is 30.9. The Morgan fingerprint density at radius 3 is 2.11 bits per heavy atom. The predicted octanol–water partition coefficient (Wildman–Crippen LogP) is -3.80. The largest absolute Gasteiger partial charge is 1.00 e. The van der Waals surface area contributed by atoms with Crippen LogP contribution in [-0.4, -0.2) is 43.1 Å². The van der Waals surface area contributed by atoms with Gasteiger partial charge in [-0.25, -0.2) is 0 Å². The van der Waals surface area contributed by atoms with Gasteiger partial charge in [0.15, 0.2) is 0 Å². The van der Waals surface area contributed by atoms with Gasteiger partial charge < -0.3 is 33.5 Å². The van der Waals surface area contributed by atoms with Crippen LogP contribution < -0.4 is 74.2 Å². The molecule has 0 aliphatic carbocycles. The first-order valence-corrected chi connectivity index (χ1v) is 12.3. The third kappa shape index (κ3) is 38.2. The topological polar surface area (TPSA) is 157 Å². The average Bonchev–Trinajstić information content (AvgIpc) is 2.77. The molecule has 13 heteroatoms. The van der Waals surface area contributed by atoms with Crippen LogP contribution in [0.3, 0.4) is 0 Å². The molecular formula is C23H44NNa2O9P. The molecule has 202 valence electrons. The van der Waals surface area contributed by atoms with Crippen molar-refractivity contribution in [1.82, 2.24) is 5.32 Å². The first-order valence-electron chi connectivity index (χ1n) is 10.9. The molecule has 0 heterocycles. The molecule has 0 aliphatic heterocycles. The molecule has 2 N–H and O–H groups in total. The Kier molecular flexibility index (Phi) is 36.6. The number of hydrogen-bond acceptors (Lipinski definition) is 9. The summed E-state index contributed by atoms with van der Waals surface area (Å²) >= 11 is 0. The van der Waals surface area contributed by atoms with Gasteiger partial charge in [-0.05, 0) is 25.2 Å². The number of unbranched alkanes of at least 4 members (excludes halogenated alkanes) is 6. The van der Waals surface area contributed by atoms with Gasteiger partial charge in [-0.1, -0.05) is 51.4 Å². The van der Waals surface area contributed by atoms with Crippen molar-refractivity contribution in [1.29, 1.82) is 0 Å². The predicted molar refractivity (Wildman–Crippen MR) is 132 cm³/mol. The zero-order valence-electron chi connectivity index (χ0n) is 22.0. The molecule has 0 aromatic heterocycles. The number of aliphatic hydroxyl groups is 1. The Bertz CT molecular complexity index is 824. The number of hydrogen-bond donors (Lipinski definition) is 2. The van der Waals surface area contributed by atoms with Crippen LogP contribution >= 0.6 is 7.82 Å². The number of rotatable bonds is 15. The Labute approximate surface area is 266 Å². The SMILES string of the molecule is CC#CC#CC#CNC(C)=O.CCCCCCCCCC(=O)O[C@@H](COCO)COP(=O)([O-])[O-].[HH].[HH].[HH].[HH].[HH].[Na+].[Na+]. The third-order valence-corrected chi connectivity index (χ3v) is 4.17. The van der Waals surface area contributed by atoms with Crippen LogP contribution in [0.2, 0.25) is 0 Å².